The Kier molecular flexibility index (Phi) is 15.1. The Labute approximate surface area is 172 Å². The molecule has 0 aromatic carbocycles. The van der Waals surface area contributed by atoms with E-state index in [0.29, 0.717) is 32.2 Å². The Bertz CT molecular complexity index is 489. The molecule has 3 unspecified atom stereocenters. The second kappa shape index (κ2) is 16.1. The quantitative estimate of drug-likeness (QED) is 0.126. The van der Waals surface area contributed by atoms with Crippen molar-refractivity contribution in [1.82, 2.24) is 21.3 Å². The SMILES string of the molecule is CCCC(O)NCCCC(=O)NC(CCC(=O)NC(C)CCC(=O)NC)C(O)O. The van der Waals surface area contributed by atoms with Crippen molar-refractivity contribution in [2.75, 3.05) is 13.6 Å². The third kappa shape index (κ3) is 14.8. The van der Waals surface area contributed by atoms with E-state index in [4.69, 9.17) is 0 Å². The summed E-state index contributed by atoms with van der Waals surface area (Å²) in [7, 11) is 1.55. The average Bonchev–Trinajstić information content (AvgIpc) is 2.66. The molecule has 0 rings (SSSR count). The first-order valence-electron chi connectivity index (χ1n) is 10.3. The number of aliphatic hydroxyl groups excluding tert-OH is 2. The predicted molar refractivity (Wildman–Crippen MR) is 108 cm³/mol. The van der Waals surface area contributed by atoms with Crippen LogP contribution in [0.1, 0.15) is 65.2 Å². The number of rotatable bonds is 16. The lowest BCUT2D eigenvalue weighted by atomic mass is 10.1. The third-order valence-corrected chi connectivity index (χ3v) is 4.40. The Hall–Kier alpha value is -1.75. The zero-order valence-electron chi connectivity index (χ0n) is 17.7. The van der Waals surface area contributed by atoms with Crippen molar-refractivity contribution in [3.8, 4) is 0 Å². The Morgan fingerprint density at radius 1 is 0.862 bits per heavy atom. The molecular weight excluding hydrogens is 380 g/mol. The number of aliphatic hydroxyl groups is 3. The van der Waals surface area contributed by atoms with Gasteiger partial charge in [-0.05, 0) is 39.2 Å². The molecule has 10 nitrogen and oxygen atoms in total. The average molecular weight is 419 g/mol. The molecule has 0 bridgehead atoms. The predicted octanol–water partition coefficient (Wildman–Crippen LogP) is -0.919. The fourth-order valence-corrected chi connectivity index (χ4v) is 2.65. The maximum absolute atomic E-state index is 12.0. The standard InChI is InChI=1S/C19H38N4O6/c1-4-6-16(25)21-12-5-7-17(26)23-14(19(28)29)9-11-18(27)22-13(2)8-10-15(24)20-3/h13-14,16,19,21,25,28-29H,4-12H2,1-3H3,(H,20,24)(H,22,27)(H,23,26). The molecule has 0 radical (unpaired) electrons. The number of carbonyl (C=O) groups is 3. The number of hydrogen-bond acceptors (Lipinski definition) is 7. The number of amides is 3. The van der Waals surface area contributed by atoms with Crippen molar-refractivity contribution >= 4 is 17.7 Å². The zero-order valence-corrected chi connectivity index (χ0v) is 17.7. The highest BCUT2D eigenvalue weighted by molar-refractivity contribution is 5.78. The molecule has 0 spiro atoms. The van der Waals surface area contributed by atoms with Crippen LogP contribution < -0.4 is 21.3 Å². The van der Waals surface area contributed by atoms with Gasteiger partial charge in [0.2, 0.25) is 17.7 Å². The van der Waals surface area contributed by atoms with Crippen LogP contribution >= 0.6 is 0 Å². The maximum Gasteiger partial charge on any atom is 0.220 e. The second-order valence-electron chi connectivity index (χ2n) is 7.17. The van der Waals surface area contributed by atoms with Crippen LogP contribution in [-0.4, -0.2) is 71.2 Å². The Balaban J connectivity index is 4.16. The van der Waals surface area contributed by atoms with Gasteiger partial charge < -0.3 is 31.3 Å². The van der Waals surface area contributed by atoms with Gasteiger partial charge in [0.1, 0.15) is 6.23 Å². The largest absolute Gasteiger partial charge is 0.379 e. The van der Waals surface area contributed by atoms with E-state index in [-0.39, 0.29) is 43.0 Å². The van der Waals surface area contributed by atoms with E-state index in [1.54, 1.807) is 14.0 Å². The minimum absolute atomic E-state index is 0.0116. The van der Waals surface area contributed by atoms with Crippen LogP contribution in [0, 0.1) is 0 Å². The van der Waals surface area contributed by atoms with Gasteiger partial charge in [-0.3, -0.25) is 19.7 Å². The van der Waals surface area contributed by atoms with Gasteiger partial charge >= 0.3 is 0 Å². The van der Waals surface area contributed by atoms with Crippen molar-refractivity contribution in [1.29, 1.82) is 0 Å². The Morgan fingerprint density at radius 3 is 2.07 bits per heavy atom. The minimum atomic E-state index is -1.78. The maximum atomic E-state index is 12.0. The van der Waals surface area contributed by atoms with Gasteiger partial charge in [0.15, 0.2) is 6.29 Å². The summed E-state index contributed by atoms with van der Waals surface area (Å²) in [6, 6.07) is -1.14. The van der Waals surface area contributed by atoms with E-state index >= 15 is 0 Å². The van der Waals surface area contributed by atoms with Crippen LogP contribution in [0.3, 0.4) is 0 Å². The van der Waals surface area contributed by atoms with Crippen LogP contribution in [0.15, 0.2) is 0 Å². The van der Waals surface area contributed by atoms with Gasteiger partial charge in [0.25, 0.3) is 0 Å². The molecule has 3 atom stereocenters. The highest BCUT2D eigenvalue weighted by Crippen LogP contribution is 2.04. The van der Waals surface area contributed by atoms with E-state index in [1.165, 1.54) is 0 Å². The number of carbonyl (C=O) groups excluding carboxylic acids is 3. The van der Waals surface area contributed by atoms with Crippen LogP contribution in [0.25, 0.3) is 0 Å². The molecule has 0 aliphatic heterocycles. The summed E-state index contributed by atoms with van der Waals surface area (Å²) in [6.45, 7) is 4.22. The lowest BCUT2D eigenvalue weighted by Crippen LogP contribution is -2.44. The molecule has 0 heterocycles. The molecule has 10 heteroatoms. The summed E-state index contributed by atoms with van der Waals surface area (Å²) in [4.78, 5) is 35.2. The summed E-state index contributed by atoms with van der Waals surface area (Å²) in [5.74, 6) is -0.745. The van der Waals surface area contributed by atoms with Crippen LogP contribution in [-0.2, 0) is 14.4 Å². The van der Waals surface area contributed by atoms with E-state index in [0.717, 1.165) is 6.42 Å². The van der Waals surface area contributed by atoms with Crippen molar-refractivity contribution in [2.45, 2.75) is 89.8 Å². The fourth-order valence-electron chi connectivity index (χ4n) is 2.65. The molecule has 0 aliphatic carbocycles. The number of hydrogen-bond donors (Lipinski definition) is 7. The summed E-state index contributed by atoms with van der Waals surface area (Å²) < 4.78 is 0. The van der Waals surface area contributed by atoms with Crippen LogP contribution in [0.5, 0.6) is 0 Å². The molecule has 0 aromatic heterocycles. The van der Waals surface area contributed by atoms with Crippen molar-refractivity contribution in [3.05, 3.63) is 0 Å². The van der Waals surface area contributed by atoms with E-state index in [2.05, 4.69) is 21.3 Å². The van der Waals surface area contributed by atoms with Crippen LogP contribution in [0.4, 0.5) is 0 Å². The topological polar surface area (TPSA) is 160 Å². The van der Waals surface area contributed by atoms with Crippen LogP contribution in [0.2, 0.25) is 0 Å². The lowest BCUT2D eigenvalue weighted by Gasteiger charge is -2.21. The van der Waals surface area contributed by atoms with Crippen molar-refractivity contribution in [3.63, 3.8) is 0 Å². The van der Waals surface area contributed by atoms with Gasteiger partial charge in [-0.15, -0.1) is 0 Å². The number of nitrogens with one attached hydrogen (secondary N) is 4. The summed E-state index contributed by atoms with van der Waals surface area (Å²) in [5, 5.41) is 39.1. The smallest absolute Gasteiger partial charge is 0.220 e. The van der Waals surface area contributed by atoms with Gasteiger partial charge in [0, 0.05) is 32.4 Å². The van der Waals surface area contributed by atoms with E-state index < -0.39 is 18.6 Å². The van der Waals surface area contributed by atoms with Gasteiger partial charge in [-0.2, -0.15) is 0 Å². The molecule has 29 heavy (non-hydrogen) atoms. The van der Waals surface area contributed by atoms with E-state index in [9.17, 15) is 29.7 Å². The van der Waals surface area contributed by atoms with E-state index in [1.807, 2.05) is 6.92 Å². The molecule has 7 N–H and O–H groups in total. The molecule has 0 aliphatic rings. The first kappa shape index (κ1) is 27.2. The fraction of sp³-hybridized carbons (Fsp3) is 0.842. The minimum Gasteiger partial charge on any atom is -0.379 e. The molecule has 0 saturated heterocycles. The summed E-state index contributed by atoms with van der Waals surface area (Å²) in [5.41, 5.74) is 0. The zero-order chi connectivity index (χ0) is 22.2. The first-order valence-corrected chi connectivity index (χ1v) is 10.3. The molecule has 0 aromatic rings. The molecular formula is C19H38N4O6. The molecule has 170 valence electrons. The third-order valence-electron chi connectivity index (χ3n) is 4.40. The highest BCUT2D eigenvalue weighted by Gasteiger charge is 2.20. The first-order chi connectivity index (χ1) is 13.7. The Morgan fingerprint density at radius 2 is 1.48 bits per heavy atom. The summed E-state index contributed by atoms with van der Waals surface area (Å²) in [6.07, 6.45) is 0.660. The van der Waals surface area contributed by atoms with Crippen molar-refractivity contribution in [2.24, 2.45) is 0 Å². The van der Waals surface area contributed by atoms with Crippen molar-refractivity contribution < 1.29 is 29.7 Å². The molecule has 3 amide bonds. The highest BCUT2D eigenvalue weighted by atomic mass is 16.5. The van der Waals surface area contributed by atoms with Gasteiger partial charge in [0.05, 0.1) is 6.04 Å². The lowest BCUT2D eigenvalue weighted by molar-refractivity contribution is -0.129. The molecule has 0 fully saturated rings. The molecule has 0 saturated carbocycles. The summed E-state index contributed by atoms with van der Waals surface area (Å²) >= 11 is 0. The van der Waals surface area contributed by atoms with Gasteiger partial charge in [-0.25, -0.2) is 0 Å². The second-order valence-corrected chi connectivity index (χ2v) is 7.17. The van der Waals surface area contributed by atoms with Gasteiger partial charge in [-0.1, -0.05) is 13.3 Å². The monoisotopic (exact) mass is 418 g/mol. The normalized spacial score (nSPS) is 14.2.